The van der Waals surface area contributed by atoms with Crippen LogP contribution >= 0.6 is 0 Å². The molecule has 2 aromatic rings. The highest BCUT2D eigenvalue weighted by Crippen LogP contribution is 2.15. The fraction of sp³-hybridized carbons (Fsp3) is 0.200. The van der Waals surface area contributed by atoms with Crippen molar-refractivity contribution in [1.82, 2.24) is 0 Å². The molecular weight excluding hydrogens is 229 g/mol. The van der Waals surface area contributed by atoms with E-state index in [1.165, 1.54) is 12.1 Å². The van der Waals surface area contributed by atoms with Gasteiger partial charge in [0, 0.05) is 12.2 Å². The van der Waals surface area contributed by atoms with E-state index < -0.39 is 0 Å². The summed E-state index contributed by atoms with van der Waals surface area (Å²) in [6.45, 7) is 3.25. The third-order valence-electron chi connectivity index (χ3n) is 2.53. The van der Waals surface area contributed by atoms with E-state index in [1.54, 1.807) is 6.07 Å². The van der Waals surface area contributed by atoms with Gasteiger partial charge >= 0.3 is 0 Å². The van der Waals surface area contributed by atoms with Gasteiger partial charge < -0.3 is 10.1 Å². The second kappa shape index (κ2) is 6.05. The molecule has 94 valence electrons. The van der Waals surface area contributed by atoms with E-state index in [0.717, 1.165) is 17.0 Å². The van der Waals surface area contributed by atoms with Crippen molar-refractivity contribution >= 4 is 5.69 Å². The minimum atomic E-state index is -0.233. The third-order valence-corrected chi connectivity index (χ3v) is 2.53. The molecule has 0 fully saturated rings. The maximum Gasteiger partial charge on any atom is 0.125 e. The van der Waals surface area contributed by atoms with E-state index >= 15 is 0 Å². The van der Waals surface area contributed by atoms with E-state index in [-0.39, 0.29) is 5.82 Å². The van der Waals surface area contributed by atoms with Gasteiger partial charge in [0.2, 0.25) is 0 Å². The molecule has 18 heavy (non-hydrogen) atoms. The lowest BCUT2D eigenvalue weighted by Crippen LogP contribution is -2.00. The Bertz CT molecular complexity index is 513. The van der Waals surface area contributed by atoms with Gasteiger partial charge in [0.25, 0.3) is 0 Å². The summed E-state index contributed by atoms with van der Waals surface area (Å²) in [6.07, 6.45) is 0. The zero-order valence-corrected chi connectivity index (χ0v) is 10.3. The lowest BCUT2D eigenvalue weighted by Gasteiger charge is -2.08. The summed E-state index contributed by atoms with van der Waals surface area (Å²) in [7, 11) is 0. The van der Waals surface area contributed by atoms with E-state index in [4.69, 9.17) is 4.74 Å². The number of hydrogen-bond acceptors (Lipinski definition) is 2. The standard InChI is InChI=1S/C15H16FNO/c1-2-18-15-8-3-5-12(9-15)11-17-14-7-4-6-13(16)10-14/h3-10,17H,2,11H2,1H3. The van der Waals surface area contributed by atoms with Crippen LogP contribution in [-0.4, -0.2) is 6.61 Å². The predicted octanol–water partition coefficient (Wildman–Crippen LogP) is 3.84. The zero-order chi connectivity index (χ0) is 12.8. The fourth-order valence-corrected chi connectivity index (χ4v) is 1.71. The van der Waals surface area contributed by atoms with Crippen molar-refractivity contribution in [2.75, 3.05) is 11.9 Å². The van der Waals surface area contributed by atoms with Gasteiger partial charge in [-0.15, -0.1) is 0 Å². The summed E-state index contributed by atoms with van der Waals surface area (Å²) in [5.74, 6) is 0.624. The first kappa shape index (κ1) is 12.4. The van der Waals surface area contributed by atoms with E-state index in [1.807, 2.05) is 37.3 Å². The van der Waals surface area contributed by atoms with Crippen LogP contribution in [0.15, 0.2) is 48.5 Å². The second-order valence-corrected chi connectivity index (χ2v) is 3.94. The highest BCUT2D eigenvalue weighted by Gasteiger charge is 1.98. The minimum absolute atomic E-state index is 0.233. The van der Waals surface area contributed by atoms with Gasteiger partial charge in [-0.2, -0.15) is 0 Å². The van der Waals surface area contributed by atoms with Crippen LogP contribution in [0.5, 0.6) is 5.75 Å². The molecule has 0 saturated heterocycles. The predicted molar refractivity (Wildman–Crippen MR) is 71.3 cm³/mol. The summed E-state index contributed by atoms with van der Waals surface area (Å²) >= 11 is 0. The van der Waals surface area contributed by atoms with Crippen LogP contribution < -0.4 is 10.1 Å². The average molecular weight is 245 g/mol. The van der Waals surface area contributed by atoms with Gasteiger partial charge in [-0.1, -0.05) is 18.2 Å². The van der Waals surface area contributed by atoms with Gasteiger partial charge in [0.05, 0.1) is 6.61 Å². The number of halogens is 1. The lowest BCUT2D eigenvalue weighted by molar-refractivity contribution is 0.340. The van der Waals surface area contributed by atoms with Crippen molar-refractivity contribution in [3.05, 3.63) is 59.9 Å². The van der Waals surface area contributed by atoms with E-state index in [2.05, 4.69) is 5.32 Å². The molecule has 0 aromatic heterocycles. The van der Waals surface area contributed by atoms with Crippen LogP contribution in [0, 0.1) is 5.82 Å². The Morgan fingerprint density at radius 3 is 2.72 bits per heavy atom. The molecule has 2 rings (SSSR count). The van der Waals surface area contributed by atoms with E-state index in [9.17, 15) is 4.39 Å². The quantitative estimate of drug-likeness (QED) is 0.864. The van der Waals surface area contributed by atoms with Crippen LogP contribution in [0.3, 0.4) is 0 Å². The summed E-state index contributed by atoms with van der Waals surface area (Å²) in [5.41, 5.74) is 1.88. The molecule has 0 bridgehead atoms. The van der Waals surface area contributed by atoms with Crippen molar-refractivity contribution in [1.29, 1.82) is 0 Å². The Morgan fingerprint density at radius 1 is 1.11 bits per heavy atom. The molecule has 3 heteroatoms. The molecule has 0 amide bonds. The summed E-state index contributed by atoms with van der Waals surface area (Å²) in [4.78, 5) is 0. The second-order valence-electron chi connectivity index (χ2n) is 3.94. The molecular formula is C15H16FNO. The van der Waals surface area contributed by atoms with Gasteiger partial charge in [0.1, 0.15) is 11.6 Å². The molecule has 0 aliphatic heterocycles. The molecule has 0 atom stereocenters. The highest BCUT2D eigenvalue weighted by atomic mass is 19.1. The topological polar surface area (TPSA) is 21.3 Å². The Balaban J connectivity index is 1.99. The lowest BCUT2D eigenvalue weighted by atomic mass is 10.2. The highest BCUT2D eigenvalue weighted by molar-refractivity contribution is 5.44. The smallest absolute Gasteiger partial charge is 0.125 e. The van der Waals surface area contributed by atoms with Crippen molar-refractivity contribution in [3.63, 3.8) is 0 Å². The number of anilines is 1. The monoisotopic (exact) mass is 245 g/mol. The largest absolute Gasteiger partial charge is 0.494 e. The molecule has 0 radical (unpaired) electrons. The van der Waals surface area contributed by atoms with Gasteiger partial charge in [-0.3, -0.25) is 0 Å². The first-order chi connectivity index (χ1) is 8.78. The minimum Gasteiger partial charge on any atom is -0.494 e. The first-order valence-electron chi connectivity index (χ1n) is 5.99. The molecule has 0 aliphatic rings. The zero-order valence-electron chi connectivity index (χ0n) is 10.3. The van der Waals surface area contributed by atoms with Gasteiger partial charge in [0.15, 0.2) is 0 Å². The third kappa shape index (κ3) is 3.48. The van der Waals surface area contributed by atoms with Crippen LogP contribution in [0.25, 0.3) is 0 Å². The first-order valence-corrected chi connectivity index (χ1v) is 5.99. The average Bonchev–Trinajstić information content (AvgIpc) is 2.37. The van der Waals surface area contributed by atoms with Gasteiger partial charge in [-0.05, 0) is 42.8 Å². The van der Waals surface area contributed by atoms with Crippen molar-refractivity contribution in [2.24, 2.45) is 0 Å². The van der Waals surface area contributed by atoms with Crippen LogP contribution in [0.4, 0.5) is 10.1 Å². The molecule has 2 aromatic carbocycles. The summed E-state index contributed by atoms with van der Waals surface area (Å²) in [5, 5.41) is 3.18. The summed E-state index contributed by atoms with van der Waals surface area (Å²) in [6, 6.07) is 14.3. The molecule has 0 aliphatic carbocycles. The van der Waals surface area contributed by atoms with Crippen molar-refractivity contribution in [2.45, 2.75) is 13.5 Å². The maximum absolute atomic E-state index is 13.0. The SMILES string of the molecule is CCOc1cccc(CNc2cccc(F)c2)c1. The Kier molecular flexibility index (Phi) is 4.18. The van der Waals surface area contributed by atoms with Crippen molar-refractivity contribution < 1.29 is 9.13 Å². The molecule has 0 unspecified atom stereocenters. The van der Waals surface area contributed by atoms with Crippen LogP contribution in [0.1, 0.15) is 12.5 Å². The molecule has 0 saturated carbocycles. The number of nitrogens with one attached hydrogen (secondary N) is 1. The van der Waals surface area contributed by atoms with Gasteiger partial charge in [-0.25, -0.2) is 4.39 Å². The Labute approximate surface area is 106 Å². The fourth-order valence-electron chi connectivity index (χ4n) is 1.71. The van der Waals surface area contributed by atoms with Crippen molar-refractivity contribution in [3.8, 4) is 5.75 Å². The summed E-state index contributed by atoms with van der Waals surface area (Å²) < 4.78 is 18.4. The number of hydrogen-bond donors (Lipinski definition) is 1. The molecule has 2 nitrogen and oxygen atoms in total. The normalized spacial score (nSPS) is 10.1. The molecule has 1 N–H and O–H groups in total. The number of ether oxygens (including phenoxy) is 1. The van der Waals surface area contributed by atoms with E-state index in [0.29, 0.717) is 13.2 Å². The molecule has 0 heterocycles. The van der Waals surface area contributed by atoms with Crippen LogP contribution in [0.2, 0.25) is 0 Å². The molecule has 0 spiro atoms. The Hall–Kier alpha value is -2.03. The Morgan fingerprint density at radius 2 is 1.94 bits per heavy atom. The number of rotatable bonds is 5. The number of benzene rings is 2. The maximum atomic E-state index is 13.0. The van der Waals surface area contributed by atoms with Crippen LogP contribution in [-0.2, 0) is 6.54 Å².